The molecule has 1 unspecified atom stereocenters. The molecule has 0 saturated heterocycles. The topological polar surface area (TPSA) is 57.8 Å². The molecule has 3 atom stereocenters. The van der Waals surface area contributed by atoms with Gasteiger partial charge in [0.2, 0.25) is 5.91 Å². The normalized spacial score (nSPS) is 29.9. The van der Waals surface area contributed by atoms with Crippen LogP contribution in [-0.4, -0.2) is 22.1 Å². The first kappa shape index (κ1) is 14.4. The maximum atomic E-state index is 12.3. The molecule has 4 heteroatoms. The molecule has 1 amide bonds. The zero-order chi connectivity index (χ0) is 15.4. The smallest absolute Gasteiger partial charge is 0.225 e. The number of H-pyrrole nitrogens is 1. The number of carbonyl (C=O) groups excluding carboxylic acids is 1. The maximum Gasteiger partial charge on any atom is 0.225 e. The molecule has 3 saturated carbocycles. The number of nitrogens with zero attached hydrogens (tertiary/aromatic N) is 1. The molecule has 0 spiro atoms. The van der Waals surface area contributed by atoms with Gasteiger partial charge < -0.3 is 5.32 Å². The molecule has 0 aliphatic heterocycles. The highest BCUT2D eigenvalue weighted by Crippen LogP contribution is 2.60. The van der Waals surface area contributed by atoms with Crippen LogP contribution in [0.25, 0.3) is 0 Å². The third-order valence-electron chi connectivity index (χ3n) is 5.84. The van der Waals surface area contributed by atoms with Gasteiger partial charge in [0, 0.05) is 11.3 Å². The van der Waals surface area contributed by atoms with E-state index in [-0.39, 0.29) is 11.9 Å². The fourth-order valence-electron chi connectivity index (χ4n) is 4.12. The fraction of sp³-hybridized carbons (Fsp3) is 0.647. The van der Waals surface area contributed by atoms with Crippen LogP contribution >= 0.6 is 0 Å². The number of carbonyl (C=O) groups is 1. The van der Waals surface area contributed by atoms with E-state index >= 15 is 0 Å². The van der Waals surface area contributed by atoms with Gasteiger partial charge in [0.25, 0.3) is 0 Å². The highest BCUT2D eigenvalue weighted by molar-refractivity contribution is 5.79. The van der Waals surface area contributed by atoms with Gasteiger partial charge in [-0.2, -0.15) is 5.10 Å². The molecule has 21 heavy (non-hydrogen) atoms. The second-order valence-corrected chi connectivity index (χ2v) is 7.33. The Morgan fingerprint density at radius 2 is 2.14 bits per heavy atom. The highest BCUT2D eigenvalue weighted by Gasteiger charge is 2.54. The number of hydrogen-bond donors (Lipinski definition) is 2. The van der Waals surface area contributed by atoms with Crippen LogP contribution in [0.2, 0.25) is 0 Å². The lowest BCUT2D eigenvalue weighted by Gasteiger charge is -2.60. The fourth-order valence-corrected chi connectivity index (χ4v) is 4.12. The van der Waals surface area contributed by atoms with Gasteiger partial charge in [0.15, 0.2) is 0 Å². The van der Waals surface area contributed by atoms with E-state index in [1.807, 2.05) is 13.8 Å². The maximum absolute atomic E-state index is 12.3. The monoisotopic (exact) mass is 287 g/mol. The Bertz CT molecular complexity index is 580. The van der Waals surface area contributed by atoms with Crippen molar-refractivity contribution in [1.29, 1.82) is 0 Å². The first-order valence-electron chi connectivity index (χ1n) is 7.79. The van der Waals surface area contributed by atoms with E-state index in [1.165, 1.54) is 12.0 Å². The third-order valence-corrected chi connectivity index (χ3v) is 5.84. The van der Waals surface area contributed by atoms with E-state index in [1.54, 1.807) is 0 Å². The summed E-state index contributed by atoms with van der Waals surface area (Å²) >= 11 is 0. The van der Waals surface area contributed by atoms with Crippen LogP contribution in [0.4, 0.5) is 0 Å². The lowest BCUT2D eigenvalue weighted by molar-refractivity contribution is -0.122. The zero-order valence-electron chi connectivity index (χ0n) is 13.4. The molecular formula is C17H25N3O. The number of nitrogens with one attached hydrogen (secondary N) is 2. The summed E-state index contributed by atoms with van der Waals surface area (Å²) in [5.74, 6) is 1.36. The van der Waals surface area contributed by atoms with E-state index in [2.05, 4.69) is 35.9 Å². The summed E-state index contributed by atoms with van der Waals surface area (Å²) in [7, 11) is 0. The number of aromatic nitrogens is 2. The largest absolute Gasteiger partial charge is 0.349 e. The molecule has 3 aliphatic carbocycles. The summed E-state index contributed by atoms with van der Waals surface area (Å²) in [6.07, 6.45) is 2.69. The van der Waals surface area contributed by atoms with Crippen molar-refractivity contribution < 1.29 is 4.79 Å². The zero-order valence-corrected chi connectivity index (χ0v) is 13.4. The van der Waals surface area contributed by atoms with Gasteiger partial charge in [-0.3, -0.25) is 9.89 Å². The quantitative estimate of drug-likeness (QED) is 0.840. The van der Waals surface area contributed by atoms with Gasteiger partial charge in [-0.25, -0.2) is 0 Å². The van der Waals surface area contributed by atoms with Crippen molar-refractivity contribution in [3.63, 3.8) is 0 Å². The van der Waals surface area contributed by atoms with E-state index in [9.17, 15) is 4.79 Å². The van der Waals surface area contributed by atoms with Crippen LogP contribution in [0, 0.1) is 31.1 Å². The Balaban J connectivity index is 1.63. The minimum Gasteiger partial charge on any atom is -0.349 e. The summed E-state index contributed by atoms with van der Waals surface area (Å²) in [6, 6.07) is 0.154. The first-order chi connectivity index (χ1) is 9.80. The molecule has 2 bridgehead atoms. The summed E-state index contributed by atoms with van der Waals surface area (Å²) in [5, 5.41) is 10.3. The van der Waals surface area contributed by atoms with Gasteiger partial charge in [0.1, 0.15) is 0 Å². The number of rotatable bonds is 3. The van der Waals surface area contributed by atoms with Crippen molar-refractivity contribution in [3.8, 4) is 0 Å². The predicted octanol–water partition coefficient (Wildman–Crippen LogP) is 2.68. The van der Waals surface area contributed by atoms with Crippen LogP contribution in [0.15, 0.2) is 12.2 Å². The van der Waals surface area contributed by atoms with Crippen LogP contribution in [0.3, 0.4) is 0 Å². The van der Waals surface area contributed by atoms with Crippen molar-refractivity contribution in [2.24, 2.45) is 17.3 Å². The molecular weight excluding hydrogens is 262 g/mol. The Kier molecular flexibility index (Phi) is 3.23. The van der Waals surface area contributed by atoms with Gasteiger partial charge in [0.05, 0.1) is 18.2 Å². The van der Waals surface area contributed by atoms with Crippen LogP contribution in [0.5, 0.6) is 0 Å². The Morgan fingerprint density at radius 3 is 2.67 bits per heavy atom. The number of aryl methyl sites for hydroxylation is 2. The standard InChI is InChI=1S/C17H25N3O/c1-9-14-6-12(17(14,4)5)7-15(9)18-16(21)8-13-10(2)19-20-11(13)3/h12,14-15H,1,6-8H2,2-5H3,(H,18,21)(H,19,20)/t12-,14+,15?/m1/s1. The molecule has 3 fully saturated rings. The van der Waals surface area contributed by atoms with Gasteiger partial charge >= 0.3 is 0 Å². The van der Waals surface area contributed by atoms with Crippen molar-refractivity contribution >= 4 is 5.91 Å². The van der Waals surface area contributed by atoms with Gasteiger partial charge in [-0.15, -0.1) is 0 Å². The summed E-state index contributed by atoms with van der Waals surface area (Å²) in [4.78, 5) is 12.3. The Morgan fingerprint density at radius 1 is 1.43 bits per heavy atom. The van der Waals surface area contributed by atoms with E-state index in [0.717, 1.165) is 29.3 Å². The first-order valence-corrected chi connectivity index (χ1v) is 7.79. The lowest BCUT2D eigenvalue weighted by Crippen LogP contribution is -2.57. The molecule has 4 nitrogen and oxygen atoms in total. The average molecular weight is 287 g/mol. The lowest BCUT2D eigenvalue weighted by atomic mass is 9.46. The molecule has 1 aromatic heterocycles. The number of fused-ring (bicyclic) bond motifs is 2. The van der Waals surface area contributed by atoms with Gasteiger partial charge in [-0.05, 0) is 43.9 Å². The molecule has 2 N–H and O–H groups in total. The summed E-state index contributed by atoms with van der Waals surface area (Å²) in [5.41, 5.74) is 4.50. The predicted molar refractivity (Wildman–Crippen MR) is 82.8 cm³/mol. The minimum atomic E-state index is 0.0767. The Labute approximate surface area is 126 Å². The number of hydrogen-bond acceptors (Lipinski definition) is 2. The molecule has 114 valence electrons. The van der Waals surface area contributed by atoms with Crippen LogP contribution in [-0.2, 0) is 11.2 Å². The van der Waals surface area contributed by atoms with E-state index in [4.69, 9.17) is 0 Å². The second-order valence-electron chi connectivity index (χ2n) is 7.33. The number of amides is 1. The minimum absolute atomic E-state index is 0.0767. The highest BCUT2D eigenvalue weighted by atomic mass is 16.1. The van der Waals surface area contributed by atoms with Crippen LogP contribution < -0.4 is 5.32 Å². The third kappa shape index (κ3) is 2.21. The molecule has 0 radical (unpaired) electrons. The van der Waals surface area contributed by atoms with Gasteiger partial charge in [-0.1, -0.05) is 26.0 Å². The Hall–Kier alpha value is -1.58. The van der Waals surface area contributed by atoms with E-state index in [0.29, 0.717) is 17.8 Å². The molecule has 4 rings (SSSR count). The van der Waals surface area contributed by atoms with Crippen molar-refractivity contribution in [3.05, 3.63) is 29.1 Å². The van der Waals surface area contributed by atoms with Crippen molar-refractivity contribution in [2.75, 3.05) is 0 Å². The van der Waals surface area contributed by atoms with Crippen molar-refractivity contribution in [2.45, 2.75) is 53.0 Å². The molecule has 1 heterocycles. The average Bonchev–Trinajstić information content (AvgIpc) is 2.72. The van der Waals surface area contributed by atoms with E-state index < -0.39 is 0 Å². The van der Waals surface area contributed by atoms with Crippen LogP contribution in [0.1, 0.15) is 43.6 Å². The molecule has 3 aliphatic rings. The summed E-state index contributed by atoms with van der Waals surface area (Å²) < 4.78 is 0. The summed E-state index contributed by atoms with van der Waals surface area (Å²) in [6.45, 7) is 12.8. The SMILES string of the molecule is C=C1C(NC(=O)Cc2c(C)n[nH]c2C)C[C@H]2C[C@@H]1C2(C)C. The molecule has 0 aromatic carbocycles. The van der Waals surface area contributed by atoms with Crippen molar-refractivity contribution in [1.82, 2.24) is 15.5 Å². The second kappa shape index (κ2) is 4.72. The molecule has 1 aromatic rings. The number of aromatic amines is 1.